The molecule has 0 fully saturated rings. The van der Waals surface area contributed by atoms with Gasteiger partial charge in [-0.05, 0) is 53.0 Å². The molecule has 0 radical (unpaired) electrons. The van der Waals surface area contributed by atoms with Crippen molar-refractivity contribution >= 4 is 27.5 Å². The van der Waals surface area contributed by atoms with Crippen LogP contribution in [0.2, 0.25) is 0 Å². The molecule has 120 valence electrons. The van der Waals surface area contributed by atoms with Crippen LogP contribution in [-0.2, 0) is 6.42 Å². The second-order valence-electron chi connectivity index (χ2n) is 4.96. The summed E-state index contributed by atoms with van der Waals surface area (Å²) in [6.07, 6.45) is 0.526. The molecule has 0 aromatic heterocycles. The van der Waals surface area contributed by atoms with E-state index < -0.39 is 4.92 Å². The van der Waals surface area contributed by atoms with Gasteiger partial charge in [0.25, 0.3) is 11.6 Å². The van der Waals surface area contributed by atoms with Gasteiger partial charge < -0.3 is 5.32 Å². The Bertz CT molecular complexity index is 765. The maximum absolute atomic E-state index is 13.1. The van der Waals surface area contributed by atoms with E-state index in [4.69, 9.17) is 0 Å². The quantitative estimate of drug-likeness (QED) is 0.633. The molecule has 2 aromatic rings. The summed E-state index contributed by atoms with van der Waals surface area (Å²) in [6, 6.07) is 9.04. The van der Waals surface area contributed by atoms with Crippen molar-refractivity contribution < 1.29 is 14.1 Å². The van der Waals surface area contributed by atoms with Crippen molar-refractivity contribution in [3.8, 4) is 0 Å². The number of amides is 1. The third-order valence-electron chi connectivity index (χ3n) is 3.43. The topological polar surface area (TPSA) is 72.2 Å². The first-order chi connectivity index (χ1) is 10.9. The Balaban J connectivity index is 2.01. The van der Waals surface area contributed by atoms with E-state index in [1.54, 1.807) is 25.1 Å². The molecular weight excluding hydrogens is 367 g/mol. The van der Waals surface area contributed by atoms with Crippen molar-refractivity contribution in [2.45, 2.75) is 13.3 Å². The predicted octanol–water partition coefficient (Wildman–Crippen LogP) is 3.78. The Morgan fingerprint density at radius 1 is 1.35 bits per heavy atom. The van der Waals surface area contributed by atoms with Crippen LogP contribution < -0.4 is 5.32 Å². The van der Waals surface area contributed by atoms with E-state index in [-0.39, 0.29) is 23.0 Å². The molecule has 0 aliphatic heterocycles. The first-order valence-electron chi connectivity index (χ1n) is 6.86. The zero-order chi connectivity index (χ0) is 17.0. The fraction of sp³-hybridized carbons (Fsp3) is 0.188. The summed E-state index contributed by atoms with van der Waals surface area (Å²) in [6.45, 7) is 1.89. The van der Waals surface area contributed by atoms with Crippen LogP contribution in [0.25, 0.3) is 0 Å². The number of nitro benzene ring substituents is 1. The van der Waals surface area contributed by atoms with Crippen molar-refractivity contribution in [3.05, 3.63) is 73.5 Å². The van der Waals surface area contributed by atoms with Gasteiger partial charge in [-0.15, -0.1) is 0 Å². The summed E-state index contributed by atoms with van der Waals surface area (Å²) in [5.74, 6) is -0.711. The molecule has 0 heterocycles. The average Bonchev–Trinajstić information content (AvgIpc) is 2.50. The number of rotatable bonds is 5. The molecule has 5 nitrogen and oxygen atoms in total. The van der Waals surface area contributed by atoms with Crippen LogP contribution in [0.15, 0.2) is 40.9 Å². The lowest BCUT2D eigenvalue weighted by Gasteiger charge is -2.08. The maximum atomic E-state index is 13.1. The zero-order valence-electron chi connectivity index (χ0n) is 12.3. The molecule has 0 atom stereocenters. The fourth-order valence-corrected chi connectivity index (χ4v) is 2.60. The molecule has 23 heavy (non-hydrogen) atoms. The fourth-order valence-electron chi connectivity index (χ4n) is 2.18. The van der Waals surface area contributed by atoms with Crippen LogP contribution in [0.5, 0.6) is 0 Å². The normalized spacial score (nSPS) is 10.4. The predicted molar refractivity (Wildman–Crippen MR) is 88.0 cm³/mol. The SMILES string of the molecule is Cc1c(C(=O)NCCc2ccc(F)c(Br)c2)cccc1[N+](=O)[O-]. The Hall–Kier alpha value is -2.28. The van der Waals surface area contributed by atoms with Crippen molar-refractivity contribution in [1.29, 1.82) is 0 Å². The number of hydrogen-bond donors (Lipinski definition) is 1. The molecular formula is C16H14BrFN2O3. The molecule has 0 bridgehead atoms. The van der Waals surface area contributed by atoms with Gasteiger partial charge in [0.15, 0.2) is 0 Å². The van der Waals surface area contributed by atoms with Gasteiger partial charge in [0, 0.05) is 23.7 Å². The minimum absolute atomic E-state index is 0.0832. The summed E-state index contributed by atoms with van der Waals surface area (Å²) in [7, 11) is 0. The molecule has 2 aromatic carbocycles. The highest BCUT2D eigenvalue weighted by Crippen LogP contribution is 2.21. The summed E-state index contributed by atoms with van der Waals surface area (Å²) < 4.78 is 13.5. The number of benzene rings is 2. The molecule has 0 aliphatic rings. The average molecular weight is 381 g/mol. The van der Waals surface area contributed by atoms with E-state index in [1.165, 1.54) is 18.2 Å². The zero-order valence-corrected chi connectivity index (χ0v) is 13.9. The molecule has 0 aliphatic carbocycles. The molecule has 1 amide bonds. The van der Waals surface area contributed by atoms with Crippen LogP contribution in [0.1, 0.15) is 21.5 Å². The lowest BCUT2D eigenvalue weighted by Crippen LogP contribution is -2.26. The van der Waals surface area contributed by atoms with Crippen LogP contribution >= 0.6 is 15.9 Å². The van der Waals surface area contributed by atoms with E-state index in [1.807, 2.05) is 0 Å². The summed E-state index contributed by atoms with van der Waals surface area (Å²) in [5.41, 5.74) is 1.40. The van der Waals surface area contributed by atoms with Crippen LogP contribution in [0, 0.1) is 22.9 Å². The molecule has 0 unspecified atom stereocenters. The minimum Gasteiger partial charge on any atom is -0.352 e. The second kappa shape index (κ2) is 7.32. The van der Waals surface area contributed by atoms with Gasteiger partial charge in [-0.2, -0.15) is 0 Å². The molecule has 0 saturated heterocycles. The summed E-state index contributed by atoms with van der Waals surface area (Å²) in [5, 5.41) is 13.6. The maximum Gasteiger partial charge on any atom is 0.273 e. The van der Waals surface area contributed by atoms with Crippen LogP contribution in [-0.4, -0.2) is 17.4 Å². The molecule has 1 N–H and O–H groups in total. The monoisotopic (exact) mass is 380 g/mol. The standard InChI is InChI=1S/C16H14BrFN2O3/c1-10-12(3-2-4-15(10)20(22)23)16(21)19-8-7-11-5-6-14(18)13(17)9-11/h2-6,9H,7-8H2,1H3,(H,19,21). The highest BCUT2D eigenvalue weighted by atomic mass is 79.9. The van der Waals surface area contributed by atoms with E-state index in [9.17, 15) is 19.3 Å². The van der Waals surface area contributed by atoms with E-state index in [2.05, 4.69) is 21.2 Å². The van der Waals surface area contributed by atoms with Gasteiger partial charge in [0.05, 0.1) is 9.40 Å². The van der Waals surface area contributed by atoms with Crippen molar-refractivity contribution in [1.82, 2.24) is 5.32 Å². The van der Waals surface area contributed by atoms with E-state index >= 15 is 0 Å². The highest BCUT2D eigenvalue weighted by Gasteiger charge is 2.17. The van der Waals surface area contributed by atoms with Crippen molar-refractivity contribution in [2.75, 3.05) is 6.54 Å². The van der Waals surface area contributed by atoms with Gasteiger partial charge in [0.2, 0.25) is 0 Å². The number of carbonyl (C=O) groups excluding carboxylic acids is 1. The smallest absolute Gasteiger partial charge is 0.273 e. The number of nitro groups is 1. The first kappa shape index (κ1) is 17.1. The van der Waals surface area contributed by atoms with Gasteiger partial charge in [-0.25, -0.2) is 4.39 Å². The highest BCUT2D eigenvalue weighted by molar-refractivity contribution is 9.10. The number of nitrogens with one attached hydrogen (secondary N) is 1. The Morgan fingerprint density at radius 3 is 2.74 bits per heavy atom. The Labute approximate surface area is 140 Å². The van der Waals surface area contributed by atoms with Crippen LogP contribution in [0.3, 0.4) is 0 Å². The molecule has 7 heteroatoms. The lowest BCUT2D eigenvalue weighted by atomic mass is 10.1. The van der Waals surface area contributed by atoms with Crippen molar-refractivity contribution in [2.24, 2.45) is 0 Å². The van der Waals surface area contributed by atoms with Gasteiger partial charge in [-0.3, -0.25) is 14.9 Å². The minimum atomic E-state index is -0.512. The second-order valence-corrected chi connectivity index (χ2v) is 5.82. The van der Waals surface area contributed by atoms with E-state index in [0.717, 1.165) is 5.56 Å². The third kappa shape index (κ3) is 4.13. The Kier molecular flexibility index (Phi) is 5.44. The van der Waals surface area contributed by atoms with Crippen molar-refractivity contribution in [3.63, 3.8) is 0 Å². The largest absolute Gasteiger partial charge is 0.352 e. The Morgan fingerprint density at radius 2 is 2.09 bits per heavy atom. The van der Waals surface area contributed by atoms with Gasteiger partial charge in [-0.1, -0.05) is 12.1 Å². The number of hydrogen-bond acceptors (Lipinski definition) is 3. The number of halogens is 2. The first-order valence-corrected chi connectivity index (χ1v) is 7.65. The van der Waals surface area contributed by atoms with Crippen LogP contribution in [0.4, 0.5) is 10.1 Å². The third-order valence-corrected chi connectivity index (χ3v) is 4.04. The van der Waals surface area contributed by atoms with E-state index in [0.29, 0.717) is 23.0 Å². The summed E-state index contributed by atoms with van der Waals surface area (Å²) >= 11 is 3.11. The molecule has 0 spiro atoms. The number of carbonyl (C=O) groups is 1. The van der Waals surface area contributed by atoms with Gasteiger partial charge in [0.1, 0.15) is 5.82 Å². The van der Waals surface area contributed by atoms with Gasteiger partial charge >= 0.3 is 0 Å². The summed E-state index contributed by atoms with van der Waals surface area (Å²) in [4.78, 5) is 22.5. The number of nitrogens with zero attached hydrogens (tertiary/aromatic N) is 1. The molecule has 0 saturated carbocycles. The lowest BCUT2D eigenvalue weighted by molar-refractivity contribution is -0.385. The molecule has 2 rings (SSSR count).